The third-order valence-electron chi connectivity index (χ3n) is 3.51. The van der Waals surface area contributed by atoms with Gasteiger partial charge in [-0.2, -0.15) is 5.10 Å². The Kier molecular flexibility index (Phi) is 3.10. The van der Waals surface area contributed by atoms with Crippen LogP contribution in [0.25, 0.3) is 21.7 Å². The fraction of sp³-hybridized carbons (Fsp3) is 0.188. The predicted octanol–water partition coefficient (Wildman–Crippen LogP) is 4.01. The standard InChI is InChI=1S/C16H17N3S/c1-10-4-6-12(7-5-10)13-14(18-19(3)16(13)17)15-11(2)8-9-20-15/h4-9H,17H2,1-3H3. The van der Waals surface area contributed by atoms with Crippen LogP contribution in [0.4, 0.5) is 5.82 Å². The molecule has 0 bridgehead atoms. The molecule has 0 fully saturated rings. The Labute approximate surface area is 122 Å². The van der Waals surface area contributed by atoms with Crippen LogP contribution in [-0.4, -0.2) is 9.78 Å². The van der Waals surface area contributed by atoms with Gasteiger partial charge in [0.05, 0.1) is 10.4 Å². The predicted molar refractivity (Wildman–Crippen MR) is 85.8 cm³/mol. The lowest BCUT2D eigenvalue weighted by Gasteiger charge is -2.04. The van der Waals surface area contributed by atoms with Gasteiger partial charge in [0.25, 0.3) is 0 Å². The van der Waals surface area contributed by atoms with E-state index >= 15 is 0 Å². The summed E-state index contributed by atoms with van der Waals surface area (Å²) in [5.74, 6) is 0.705. The molecule has 3 rings (SSSR count). The van der Waals surface area contributed by atoms with Crippen LogP contribution in [-0.2, 0) is 7.05 Å². The van der Waals surface area contributed by atoms with Gasteiger partial charge < -0.3 is 5.73 Å². The summed E-state index contributed by atoms with van der Waals surface area (Å²) < 4.78 is 1.75. The van der Waals surface area contributed by atoms with E-state index in [9.17, 15) is 0 Å². The quantitative estimate of drug-likeness (QED) is 0.772. The van der Waals surface area contributed by atoms with Crippen molar-refractivity contribution in [3.05, 3.63) is 46.8 Å². The number of nitrogens with two attached hydrogens (primary N) is 1. The summed E-state index contributed by atoms with van der Waals surface area (Å²) in [4.78, 5) is 1.19. The van der Waals surface area contributed by atoms with Crippen LogP contribution in [0.15, 0.2) is 35.7 Å². The Morgan fingerprint density at radius 2 is 1.80 bits per heavy atom. The normalized spacial score (nSPS) is 10.9. The Morgan fingerprint density at radius 3 is 2.40 bits per heavy atom. The minimum absolute atomic E-state index is 0.705. The highest BCUT2D eigenvalue weighted by molar-refractivity contribution is 7.13. The first kappa shape index (κ1) is 12.9. The van der Waals surface area contributed by atoms with Gasteiger partial charge >= 0.3 is 0 Å². The van der Waals surface area contributed by atoms with Crippen molar-refractivity contribution in [3.63, 3.8) is 0 Å². The molecule has 0 aliphatic rings. The lowest BCUT2D eigenvalue weighted by molar-refractivity contribution is 0.783. The summed E-state index contributed by atoms with van der Waals surface area (Å²) in [5, 5.41) is 6.71. The van der Waals surface area contributed by atoms with Gasteiger partial charge in [-0.3, -0.25) is 4.68 Å². The van der Waals surface area contributed by atoms with Crippen LogP contribution in [0.1, 0.15) is 11.1 Å². The van der Waals surface area contributed by atoms with Gasteiger partial charge in [-0.1, -0.05) is 29.8 Å². The molecule has 0 saturated heterocycles. The Bertz CT molecular complexity index is 751. The molecule has 0 aliphatic carbocycles. The highest BCUT2D eigenvalue weighted by atomic mass is 32.1. The second-order valence-corrected chi connectivity index (χ2v) is 5.95. The van der Waals surface area contributed by atoms with Crippen molar-refractivity contribution in [3.8, 4) is 21.7 Å². The van der Waals surface area contributed by atoms with Crippen molar-refractivity contribution in [2.75, 3.05) is 5.73 Å². The second kappa shape index (κ2) is 4.80. The van der Waals surface area contributed by atoms with Gasteiger partial charge in [0.15, 0.2) is 0 Å². The van der Waals surface area contributed by atoms with Crippen LogP contribution in [0.2, 0.25) is 0 Å². The van der Waals surface area contributed by atoms with Crippen molar-refractivity contribution < 1.29 is 0 Å². The molecular formula is C16H17N3S. The average Bonchev–Trinajstić information content (AvgIpc) is 2.96. The van der Waals surface area contributed by atoms with E-state index in [1.165, 1.54) is 16.0 Å². The van der Waals surface area contributed by atoms with E-state index in [0.717, 1.165) is 16.8 Å². The largest absolute Gasteiger partial charge is 0.383 e. The van der Waals surface area contributed by atoms with Gasteiger partial charge in [0.2, 0.25) is 0 Å². The van der Waals surface area contributed by atoms with E-state index in [4.69, 9.17) is 5.73 Å². The number of nitrogens with zero attached hydrogens (tertiary/aromatic N) is 2. The molecular weight excluding hydrogens is 266 g/mol. The molecule has 0 radical (unpaired) electrons. The lowest BCUT2D eigenvalue weighted by atomic mass is 10.0. The van der Waals surface area contributed by atoms with Crippen molar-refractivity contribution in [1.82, 2.24) is 9.78 Å². The topological polar surface area (TPSA) is 43.8 Å². The van der Waals surface area contributed by atoms with Crippen LogP contribution in [0.3, 0.4) is 0 Å². The van der Waals surface area contributed by atoms with E-state index in [-0.39, 0.29) is 0 Å². The highest BCUT2D eigenvalue weighted by Gasteiger charge is 2.19. The van der Waals surface area contributed by atoms with Gasteiger partial charge in [-0.15, -0.1) is 11.3 Å². The minimum atomic E-state index is 0.705. The first-order chi connectivity index (χ1) is 9.58. The first-order valence-electron chi connectivity index (χ1n) is 6.52. The maximum atomic E-state index is 6.23. The van der Waals surface area contributed by atoms with Crippen molar-refractivity contribution in [2.24, 2.45) is 7.05 Å². The number of benzene rings is 1. The van der Waals surface area contributed by atoms with Gasteiger partial charge in [-0.25, -0.2) is 0 Å². The van der Waals surface area contributed by atoms with Crippen molar-refractivity contribution in [2.45, 2.75) is 13.8 Å². The Morgan fingerprint density at radius 1 is 1.10 bits per heavy atom. The zero-order valence-electron chi connectivity index (χ0n) is 11.8. The number of aryl methyl sites for hydroxylation is 3. The molecule has 2 aromatic heterocycles. The fourth-order valence-corrected chi connectivity index (χ4v) is 3.23. The number of hydrogen-bond donors (Lipinski definition) is 1. The Balaban J connectivity index is 2.25. The zero-order valence-corrected chi connectivity index (χ0v) is 12.7. The molecule has 2 heterocycles. The molecule has 102 valence electrons. The summed E-state index contributed by atoms with van der Waals surface area (Å²) in [5.41, 5.74) is 11.8. The van der Waals surface area contributed by atoms with Crippen LogP contribution < -0.4 is 5.73 Å². The maximum absolute atomic E-state index is 6.23. The van der Waals surface area contributed by atoms with Crippen molar-refractivity contribution in [1.29, 1.82) is 0 Å². The van der Waals surface area contributed by atoms with E-state index in [0.29, 0.717) is 5.82 Å². The molecule has 0 unspecified atom stereocenters. The molecule has 0 saturated carbocycles. The monoisotopic (exact) mass is 283 g/mol. The molecule has 3 nitrogen and oxygen atoms in total. The van der Waals surface area contributed by atoms with E-state index in [1.54, 1.807) is 16.0 Å². The van der Waals surface area contributed by atoms with Crippen LogP contribution >= 0.6 is 11.3 Å². The smallest absolute Gasteiger partial charge is 0.129 e. The first-order valence-corrected chi connectivity index (χ1v) is 7.40. The lowest BCUT2D eigenvalue weighted by Crippen LogP contribution is -1.97. The van der Waals surface area contributed by atoms with Gasteiger partial charge in [0.1, 0.15) is 11.5 Å². The molecule has 0 aliphatic heterocycles. The SMILES string of the molecule is Cc1ccc(-c2c(-c3sccc3C)nn(C)c2N)cc1. The van der Waals surface area contributed by atoms with Crippen LogP contribution in [0.5, 0.6) is 0 Å². The molecule has 2 N–H and O–H groups in total. The number of hydrogen-bond acceptors (Lipinski definition) is 3. The van der Waals surface area contributed by atoms with Gasteiger partial charge in [0, 0.05) is 7.05 Å². The van der Waals surface area contributed by atoms with E-state index in [1.807, 2.05) is 7.05 Å². The molecule has 1 aromatic carbocycles. The van der Waals surface area contributed by atoms with E-state index in [2.05, 4.69) is 54.7 Å². The molecule has 20 heavy (non-hydrogen) atoms. The molecule has 0 atom stereocenters. The van der Waals surface area contributed by atoms with Crippen molar-refractivity contribution >= 4 is 17.2 Å². The number of rotatable bonds is 2. The molecule has 0 spiro atoms. The molecule has 0 amide bonds. The number of nitrogen functional groups attached to an aromatic ring is 1. The summed E-state index contributed by atoms with van der Waals surface area (Å²) in [6.45, 7) is 4.19. The van der Waals surface area contributed by atoms with Gasteiger partial charge in [-0.05, 0) is 36.4 Å². The third kappa shape index (κ3) is 2.02. The number of anilines is 1. The Hall–Kier alpha value is -2.07. The van der Waals surface area contributed by atoms with E-state index < -0.39 is 0 Å². The summed E-state index contributed by atoms with van der Waals surface area (Å²) in [6, 6.07) is 10.5. The molecule has 3 aromatic rings. The molecule has 4 heteroatoms. The number of aromatic nitrogens is 2. The zero-order chi connectivity index (χ0) is 14.3. The summed E-state index contributed by atoms with van der Waals surface area (Å²) >= 11 is 1.71. The summed E-state index contributed by atoms with van der Waals surface area (Å²) in [6.07, 6.45) is 0. The second-order valence-electron chi connectivity index (χ2n) is 5.03. The highest BCUT2D eigenvalue weighted by Crippen LogP contribution is 2.39. The summed E-state index contributed by atoms with van der Waals surface area (Å²) in [7, 11) is 1.89. The average molecular weight is 283 g/mol. The number of thiophene rings is 1. The van der Waals surface area contributed by atoms with Crippen LogP contribution in [0, 0.1) is 13.8 Å². The maximum Gasteiger partial charge on any atom is 0.129 e. The minimum Gasteiger partial charge on any atom is -0.383 e. The third-order valence-corrected chi connectivity index (χ3v) is 4.53. The fourth-order valence-electron chi connectivity index (χ4n) is 2.32.